The molecule has 1 heterocycles. The lowest BCUT2D eigenvalue weighted by molar-refractivity contribution is 0.0930. The van der Waals surface area contributed by atoms with Crippen LogP contribution < -0.4 is 10.6 Å². The molecule has 27 heavy (non-hydrogen) atoms. The fraction of sp³-hybridized carbons (Fsp3) is 0.632. The molecular formula is C19H30ClN3O3S. The smallest absolute Gasteiger partial charge is 0.251 e. The highest BCUT2D eigenvalue weighted by Crippen LogP contribution is 2.26. The van der Waals surface area contributed by atoms with Gasteiger partial charge in [-0.25, -0.2) is 8.42 Å². The molecule has 1 amide bonds. The number of nitrogens with zero attached hydrogens (tertiary/aromatic N) is 1. The van der Waals surface area contributed by atoms with Crippen molar-refractivity contribution in [2.24, 2.45) is 0 Å². The zero-order valence-corrected chi connectivity index (χ0v) is 17.4. The van der Waals surface area contributed by atoms with Gasteiger partial charge in [-0.05, 0) is 50.4 Å². The highest BCUT2D eigenvalue weighted by atomic mass is 35.5. The van der Waals surface area contributed by atoms with Gasteiger partial charge in [0.05, 0.1) is 4.90 Å². The first-order valence-corrected chi connectivity index (χ1v) is 11.0. The van der Waals surface area contributed by atoms with Crippen LogP contribution in [0, 0.1) is 0 Å². The van der Waals surface area contributed by atoms with E-state index in [-0.39, 0.29) is 35.3 Å². The second kappa shape index (κ2) is 9.87. The van der Waals surface area contributed by atoms with Crippen molar-refractivity contribution in [1.29, 1.82) is 0 Å². The van der Waals surface area contributed by atoms with Crippen molar-refractivity contribution in [1.82, 2.24) is 14.9 Å². The minimum atomic E-state index is -3.59. The number of amides is 1. The van der Waals surface area contributed by atoms with E-state index in [1.165, 1.54) is 16.8 Å². The fourth-order valence-corrected chi connectivity index (χ4v) is 5.31. The molecule has 3 rings (SSSR count). The lowest BCUT2D eigenvalue weighted by atomic mass is 9.96. The number of piperidine rings is 1. The number of sulfonamides is 1. The molecular weight excluding hydrogens is 386 g/mol. The summed E-state index contributed by atoms with van der Waals surface area (Å²) in [6.07, 6.45) is 7.11. The minimum absolute atomic E-state index is 0. The van der Waals surface area contributed by atoms with Crippen LogP contribution in [0.4, 0.5) is 0 Å². The Morgan fingerprint density at radius 3 is 2.56 bits per heavy atom. The number of carbonyl (C=O) groups excluding carboxylic acids is 1. The van der Waals surface area contributed by atoms with Gasteiger partial charge in [0.25, 0.3) is 5.91 Å². The Morgan fingerprint density at radius 2 is 1.89 bits per heavy atom. The number of benzene rings is 1. The molecule has 1 aromatic carbocycles. The molecule has 2 aliphatic rings. The maximum absolute atomic E-state index is 13.0. The number of carbonyl (C=O) groups is 1. The second-order valence-electron chi connectivity index (χ2n) is 7.36. The molecule has 0 radical (unpaired) electrons. The Bertz CT molecular complexity index is 729. The number of nitrogens with one attached hydrogen (secondary N) is 2. The lowest BCUT2D eigenvalue weighted by Gasteiger charge is -2.30. The third-order valence-electron chi connectivity index (χ3n) is 5.49. The van der Waals surface area contributed by atoms with E-state index in [0.29, 0.717) is 5.56 Å². The Kier molecular flexibility index (Phi) is 8.09. The summed E-state index contributed by atoms with van der Waals surface area (Å²) >= 11 is 0. The van der Waals surface area contributed by atoms with Crippen LogP contribution >= 0.6 is 12.4 Å². The van der Waals surface area contributed by atoms with Crippen LogP contribution in [0.1, 0.15) is 55.3 Å². The van der Waals surface area contributed by atoms with Gasteiger partial charge in [0.1, 0.15) is 0 Å². The molecule has 2 fully saturated rings. The third kappa shape index (κ3) is 5.44. The molecule has 1 aliphatic heterocycles. The molecule has 152 valence electrons. The molecule has 1 aliphatic carbocycles. The van der Waals surface area contributed by atoms with E-state index >= 15 is 0 Å². The van der Waals surface area contributed by atoms with Gasteiger partial charge in [-0.1, -0.05) is 25.3 Å². The van der Waals surface area contributed by atoms with E-state index in [2.05, 4.69) is 10.6 Å². The summed E-state index contributed by atoms with van der Waals surface area (Å²) in [6.45, 7) is 1.74. The first kappa shape index (κ1) is 22.1. The zero-order valence-electron chi connectivity index (χ0n) is 15.8. The molecule has 8 heteroatoms. The number of halogens is 1. The first-order valence-electron chi connectivity index (χ1n) is 9.58. The van der Waals surface area contributed by atoms with Gasteiger partial charge in [0.15, 0.2) is 0 Å². The van der Waals surface area contributed by atoms with Crippen molar-refractivity contribution in [2.45, 2.75) is 61.9 Å². The largest absolute Gasteiger partial charge is 0.348 e. The fourth-order valence-electron chi connectivity index (χ4n) is 3.85. The molecule has 0 bridgehead atoms. The highest BCUT2D eigenvalue weighted by Gasteiger charge is 2.29. The SMILES string of the molecule is CN(C1CCCCC1)S(=O)(=O)c1cccc(C(=O)NC2CCCNC2)c1.Cl. The summed E-state index contributed by atoms with van der Waals surface area (Å²) < 4.78 is 27.5. The number of rotatable bonds is 5. The average Bonchev–Trinajstić information content (AvgIpc) is 2.69. The maximum Gasteiger partial charge on any atom is 0.251 e. The molecule has 6 nitrogen and oxygen atoms in total. The Hall–Kier alpha value is -1.15. The summed E-state index contributed by atoms with van der Waals surface area (Å²) in [5.41, 5.74) is 0.397. The van der Waals surface area contributed by atoms with Gasteiger partial charge in [0, 0.05) is 31.2 Å². The van der Waals surface area contributed by atoms with Crippen molar-refractivity contribution in [2.75, 3.05) is 20.1 Å². The van der Waals surface area contributed by atoms with Crippen molar-refractivity contribution < 1.29 is 13.2 Å². The van der Waals surface area contributed by atoms with E-state index in [9.17, 15) is 13.2 Å². The topological polar surface area (TPSA) is 78.5 Å². The van der Waals surface area contributed by atoms with Crippen molar-refractivity contribution >= 4 is 28.3 Å². The van der Waals surface area contributed by atoms with Crippen molar-refractivity contribution in [3.63, 3.8) is 0 Å². The van der Waals surface area contributed by atoms with Gasteiger partial charge >= 0.3 is 0 Å². The minimum Gasteiger partial charge on any atom is -0.348 e. The van der Waals surface area contributed by atoms with E-state index in [1.807, 2.05) is 0 Å². The normalized spacial score (nSPS) is 21.5. The van der Waals surface area contributed by atoms with Gasteiger partial charge in [0.2, 0.25) is 10.0 Å². The van der Waals surface area contributed by atoms with E-state index < -0.39 is 10.0 Å². The summed E-state index contributed by atoms with van der Waals surface area (Å²) in [5.74, 6) is -0.212. The molecule has 0 aromatic heterocycles. The first-order chi connectivity index (χ1) is 12.5. The maximum atomic E-state index is 13.0. The van der Waals surface area contributed by atoms with Crippen LogP contribution in [0.3, 0.4) is 0 Å². The third-order valence-corrected chi connectivity index (χ3v) is 7.40. The number of hydrogen-bond donors (Lipinski definition) is 2. The van der Waals surface area contributed by atoms with Gasteiger partial charge in [-0.2, -0.15) is 4.31 Å². The van der Waals surface area contributed by atoms with Crippen LogP contribution in [0.2, 0.25) is 0 Å². The van der Waals surface area contributed by atoms with Crippen molar-refractivity contribution in [3.05, 3.63) is 29.8 Å². The second-order valence-corrected chi connectivity index (χ2v) is 9.36. The predicted molar refractivity (Wildman–Crippen MR) is 109 cm³/mol. The van der Waals surface area contributed by atoms with E-state index in [0.717, 1.165) is 51.6 Å². The van der Waals surface area contributed by atoms with Gasteiger partial charge < -0.3 is 10.6 Å². The predicted octanol–water partition coefficient (Wildman–Crippen LogP) is 2.54. The monoisotopic (exact) mass is 415 g/mol. The Labute approximate surface area is 168 Å². The van der Waals surface area contributed by atoms with E-state index in [1.54, 1.807) is 25.2 Å². The van der Waals surface area contributed by atoms with Crippen LogP contribution in [0.15, 0.2) is 29.2 Å². The molecule has 1 saturated heterocycles. The lowest BCUT2D eigenvalue weighted by Crippen LogP contribution is -2.45. The van der Waals surface area contributed by atoms with Crippen molar-refractivity contribution in [3.8, 4) is 0 Å². The summed E-state index contributed by atoms with van der Waals surface area (Å²) in [6, 6.07) is 6.55. The van der Waals surface area contributed by atoms with Crippen LogP contribution in [0.25, 0.3) is 0 Å². The quantitative estimate of drug-likeness (QED) is 0.774. The van der Waals surface area contributed by atoms with Crippen LogP contribution in [-0.4, -0.2) is 50.9 Å². The van der Waals surface area contributed by atoms with Crippen LogP contribution in [0.5, 0.6) is 0 Å². The standard InChI is InChI=1S/C19H29N3O3S.ClH/c1-22(17-9-3-2-4-10-17)26(24,25)18-11-5-7-15(13-18)19(23)21-16-8-6-12-20-14-16;/h5,7,11,13,16-17,20H,2-4,6,8-10,12,14H2,1H3,(H,21,23);1H. The average molecular weight is 416 g/mol. The molecule has 2 N–H and O–H groups in total. The molecule has 1 atom stereocenters. The van der Waals surface area contributed by atoms with E-state index in [4.69, 9.17) is 0 Å². The van der Waals surface area contributed by atoms with Crippen LogP contribution in [-0.2, 0) is 10.0 Å². The van der Waals surface area contributed by atoms with Gasteiger partial charge in [-0.15, -0.1) is 12.4 Å². The Morgan fingerprint density at radius 1 is 1.15 bits per heavy atom. The summed E-state index contributed by atoms with van der Waals surface area (Å²) in [4.78, 5) is 12.7. The highest BCUT2D eigenvalue weighted by molar-refractivity contribution is 7.89. The zero-order chi connectivity index (χ0) is 18.6. The molecule has 1 aromatic rings. The van der Waals surface area contributed by atoms with Gasteiger partial charge in [-0.3, -0.25) is 4.79 Å². The molecule has 0 spiro atoms. The molecule has 1 saturated carbocycles. The number of hydrogen-bond acceptors (Lipinski definition) is 4. The Balaban J connectivity index is 0.00000261. The molecule has 1 unspecified atom stereocenters. The summed E-state index contributed by atoms with van der Waals surface area (Å²) in [7, 11) is -1.93. The summed E-state index contributed by atoms with van der Waals surface area (Å²) in [5, 5.41) is 6.26.